The minimum absolute atomic E-state index is 0.0479. The molecule has 146 valence electrons. The number of anilines is 3. The number of halogens is 5. The van der Waals surface area contributed by atoms with E-state index in [1.54, 1.807) is 18.2 Å². The van der Waals surface area contributed by atoms with Crippen molar-refractivity contribution in [2.75, 3.05) is 10.6 Å². The summed E-state index contributed by atoms with van der Waals surface area (Å²) in [6.45, 7) is 0. The highest BCUT2D eigenvalue weighted by atomic mass is 35.5. The van der Waals surface area contributed by atoms with Crippen molar-refractivity contribution in [2.24, 2.45) is 7.05 Å². The van der Waals surface area contributed by atoms with Crippen molar-refractivity contribution in [2.45, 2.75) is 6.18 Å². The number of nitrogens with one attached hydrogen (secondary N) is 2. The van der Waals surface area contributed by atoms with Crippen LogP contribution in [0.4, 0.5) is 34.8 Å². The van der Waals surface area contributed by atoms with Crippen molar-refractivity contribution in [3.05, 3.63) is 70.6 Å². The summed E-state index contributed by atoms with van der Waals surface area (Å²) in [6, 6.07) is 11.1. The number of amides is 1. The van der Waals surface area contributed by atoms with E-state index in [0.717, 1.165) is 16.8 Å². The van der Waals surface area contributed by atoms with Crippen molar-refractivity contribution in [1.82, 2.24) is 9.78 Å². The Morgan fingerprint density at radius 3 is 2.50 bits per heavy atom. The second-order valence-corrected chi connectivity index (χ2v) is 6.20. The highest BCUT2D eigenvalue weighted by Gasteiger charge is 2.34. The molecule has 5 nitrogen and oxygen atoms in total. The number of para-hydroxylation sites is 1. The average Bonchev–Trinajstić information content (AvgIpc) is 2.99. The van der Waals surface area contributed by atoms with Crippen LogP contribution < -0.4 is 10.6 Å². The number of carbonyl (C=O) groups is 1. The number of hydrogen-bond acceptors (Lipinski definition) is 3. The Morgan fingerprint density at radius 1 is 1.14 bits per heavy atom. The number of aromatic nitrogens is 2. The van der Waals surface area contributed by atoms with Gasteiger partial charge in [0.1, 0.15) is 11.6 Å². The van der Waals surface area contributed by atoms with Gasteiger partial charge in [0, 0.05) is 18.8 Å². The quantitative estimate of drug-likeness (QED) is 0.577. The first-order valence-electron chi connectivity index (χ1n) is 7.89. The Kier molecular flexibility index (Phi) is 5.28. The lowest BCUT2D eigenvalue weighted by Crippen LogP contribution is -2.16. The van der Waals surface area contributed by atoms with Crippen molar-refractivity contribution in [3.63, 3.8) is 0 Å². The van der Waals surface area contributed by atoms with Gasteiger partial charge in [0.05, 0.1) is 16.3 Å². The molecule has 0 atom stereocenters. The monoisotopic (exact) mass is 412 g/mol. The van der Waals surface area contributed by atoms with Crippen LogP contribution in [0.3, 0.4) is 0 Å². The zero-order valence-electron chi connectivity index (χ0n) is 14.3. The Balaban J connectivity index is 1.85. The summed E-state index contributed by atoms with van der Waals surface area (Å²) < 4.78 is 52.9. The predicted molar refractivity (Wildman–Crippen MR) is 97.3 cm³/mol. The highest BCUT2D eigenvalue weighted by molar-refractivity contribution is 6.30. The van der Waals surface area contributed by atoms with E-state index in [4.69, 9.17) is 11.6 Å². The summed E-state index contributed by atoms with van der Waals surface area (Å²) in [5.74, 6) is -1.41. The van der Waals surface area contributed by atoms with Crippen LogP contribution in [0.1, 0.15) is 16.1 Å². The van der Waals surface area contributed by atoms with Crippen LogP contribution in [-0.4, -0.2) is 15.7 Å². The minimum atomic E-state index is -4.63. The summed E-state index contributed by atoms with van der Waals surface area (Å²) in [7, 11) is 1.28. The number of aryl methyl sites for hydroxylation is 1. The van der Waals surface area contributed by atoms with E-state index in [1.807, 2.05) is 0 Å². The molecule has 1 aromatic heterocycles. The fraction of sp³-hybridized carbons (Fsp3) is 0.111. The SMILES string of the molecule is Cn1nc(C(F)(F)F)cc1NC(=O)c1ccccc1Nc1ccc(Cl)c(F)c1. The van der Waals surface area contributed by atoms with Gasteiger partial charge in [0.2, 0.25) is 0 Å². The molecule has 0 aliphatic heterocycles. The zero-order chi connectivity index (χ0) is 20.5. The summed E-state index contributed by atoms with van der Waals surface area (Å²) in [6.07, 6.45) is -4.63. The van der Waals surface area contributed by atoms with Crippen LogP contribution in [-0.2, 0) is 13.2 Å². The van der Waals surface area contributed by atoms with E-state index in [0.29, 0.717) is 11.4 Å². The molecule has 0 fully saturated rings. The van der Waals surface area contributed by atoms with Crippen LogP contribution >= 0.6 is 11.6 Å². The van der Waals surface area contributed by atoms with Crippen molar-refractivity contribution < 1.29 is 22.4 Å². The molecular weight excluding hydrogens is 400 g/mol. The maximum Gasteiger partial charge on any atom is 0.435 e. The largest absolute Gasteiger partial charge is 0.435 e. The van der Waals surface area contributed by atoms with E-state index < -0.39 is 23.6 Å². The topological polar surface area (TPSA) is 59.0 Å². The third-order valence-corrected chi connectivity index (χ3v) is 4.09. The number of rotatable bonds is 4. The smallest absolute Gasteiger partial charge is 0.355 e. The molecule has 1 amide bonds. The zero-order valence-corrected chi connectivity index (χ0v) is 15.1. The number of alkyl halides is 3. The van der Waals surface area contributed by atoms with Gasteiger partial charge in [0.25, 0.3) is 5.91 Å². The highest BCUT2D eigenvalue weighted by Crippen LogP contribution is 2.30. The molecule has 28 heavy (non-hydrogen) atoms. The molecule has 3 rings (SSSR count). The standard InChI is InChI=1S/C18H13ClF4N4O/c1-27-16(9-15(26-27)18(21,22)23)25-17(28)11-4-2-3-5-14(11)24-10-6-7-12(19)13(20)8-10/h2-9,24H,1H3,(H,25,28). The number of benzene rings is 2. The number of nitrogens with zero attached hydrogens (tertiary/aromatic N) is 2. The van der Waals surface area contributed by atoms with Gasteiger partial charge in [-0.2, -0.15) is 18.3 Å². The van der Waals surface area contributed by atoms with Gasteiger partial charge in [-0.3, -0.25) is 9.48 Å². The Labute approximate surface area is 161 Å². The van der Waals surface area contributed by atoms with Gasteiger partial charge < -0.3 is 10.6 Å². The molecule has 1 heterocycles. The first-order valence-corrected chi connectivity index (χ1v) is 8.26. The van der Waals surface area contributed by atoms with E-state index >= 15 is 0 Å². The molecule has 0 saturated heterocycles. The maximum absolute atomic E-state index is 13.6. The van der Waals surface area contributed by atoms with Gasteiger partial charge in [-0.15, -0.1) is 0 Å². The number of hydrogen-bond donors (Lipinski definition) is 2. The first-order chi connectivity index (χ1) is 13.1. The fourth-order valence-electron chi connectivity index (χ4n) is 2.43. The Morgan fingerprint density at radius 2 is 1.86 bits per heavy atom. The Bertz CT molecular complexity index is 1030. The summed E-state index contributed by atoms with van der Waals surface area (Å²) in [5.41, 5.74) is -0.289. The lowest BCUT2D eigenvalue weighted by molar-refractivity contribution is -0.141. The molecule has 0 radical (unpaired) electrons. The first kappa shape index (κ1) is 19.7. The molecule has 0 bridgehead atoms. The molecule has 3 aromatic rings. The van der Waals surface area contributed by atoms with Crippen LogP contribution in [0.25, 0.3) is 0 Å². The molecular formula is C18H13ClF4N4O. The normalized spacial score (nSPS) is 11.4. The predicted octanol–water partition coefficient (Wildman–Crippen LogP) is 5.23. The molecule has 0 saturated carbocycles. The van der Waals surface area contributed by atoms with Crippen molar-refractivity contribution >= 4 is 34.7 Å². The molecule has 10 heteroatoms. The Hall–Kier alpha value is -3.07. The summed E-state index contributed by atoms with van der Waals surface area (Å²) in [4.78, 5) is 12.6. The lowest BCUT2D eigenvalue weighted by Gasteiger charge is -2.12. The van der Waals surface area contributed by atoms with Gasteiger partial charge in [-0.1, -0.05) is 23.7 Å². The molecule has 2 aromatic carbocycles. The van der Waals surface area contributed by atoms with Crippen LogP contribution in [0.5, 0.6) is 0 Å². The van der Waals surface area contributed by atoms with Gasteiger partial charge in [0.15, 0.2) is 5.69 Å². The molecule has 0 spiro atoms. The maximum atomic E-state index is 13.6. The van der Waals surface area contributed by atoms with Crippen molar-refractivity contribution in [1.29, 1.82) is 0 Å². The van der Waals surface area contributed by atoms with Crippen molar-refractivity contribution in [3.8, 4) is 0 Å². The average molecular weight is 413 g/mol. The van der Waals surface area contributed by atoms with E-state index in [9.17, 15) is 22.4 Å². The minimum Gasteiger partial charge on any atom is -0.355 e. The summed E-state index contributed by atoms with van der Waals surface area (Å²) in [5, 5.41) is 8.58. The second kappa shape index (κ2) is 7.51. The van der Waals surface area contributed by atoms with E-state index in [2.05, 4.69) is 15.7 Å². The molecule has 2 N–H and O–H groups in total. The summed E-state index contributed by atoms with van der Waals surface area (Å²) >= 11 is 5.65. The third kappa shape index (κ3) is 4.25. The van der Waals surface area contributed by atoms with Gasteiger partial charge in [-0.25, -0.2) is 4.39 Å². The van der Waals surface area contributed by atoms with Crippen LogP contribution in [0.2, 0.25) is 5.02 Å². The lowest BCUT2D eigenvalue weighted by atomic mass is 10.1. The third-order valence-electron chi connectivity index (χ3n) is 3.78. The van der Waals surface area contributed by atoms with Gasteiger partial charge in [-0.05, 0) is 30.3 Å². The molecule has 0 unspecified atom stereocenters. The van der Waals surface area contributed by atoms with Crippen LogP contribution in [0.15, 0.2) is 48.5 Å². The second-order valence-electron chi connectivity index (χ2n) is 5.79. The van der Waals surface area contributed by atoms with E-state index in [-0.39, 0.29) is 16.4 Å². The number of carbonyl (C=O) groups excluding carboxylic acids is 1. The van der Waals surface area contributed by atoms with E-state index in [1.165, 1.54) is 25.2 Å². The molecule has 0 aliphatic rings. The molecule has 0 aliphatic carbocycles. The fourth-order valence-corrected chi connectivity index (χ4v) is 2.54. The van der Waals surface area contributed by atoms with Gasteiger partial charge >= 0.3 is 6.18 Å². The van der Waals surface area contributed by atoms with Crippen LogP contribution in [0, 0.1) is 5.82 Å².